The summed E-state index contributed by atoms with van der Waals surface area (Å²) in [6, 6.07) is 0. The van der Waals surface area contributed by atoms with E-state index >= 15 is 0 Å². The number of halogens is 1. The average molecular weight is 174 g/mol. The zero-order valence-corrected chi connectivity index (χ0v) is 7.08. The summed E-state index contributed by atoms with van der Waals surface area (Å²) in [5, 5.41) is 3.08. The molecule has 1 aliphatic rings. The van der Waals surface area contributed by atoms with E-state index in [4.69, 9.17) is 11.6 Å². The van der Waals surface area contributed by atoms with E-state index < -0.39 is 0 Å². The van der Waals surface area contributed by atoms with Crippen LogP contribution in [0.15, 0.2) is 11.6 Å². The van der Waals surface area contributed by atoms with Crippen LogP contribution in [-0.2, 0) is 4.87 Å². The van der Waals surface area contributed by atoms with E-state index in [1.165, 1.54) is 6.42 Å². The smallest absolute Gasteiger partial charge is 0.114 e. The molecule has 0 atom stereocenters. The highest BCUT2D eigenvalue weighted by atomic mass is 35.5. The van der Waals surface area contributed by atoms with E-state index in [1.54, 1.807) is 11.3 Å². The Morgan fingerprint density at radius 1 is 1.60 bits per heavy atom. The first-order valence-electron chi connectivity index (χ1n) is 3.40. The Kier molecular flexibility index (Phi) is 1.46. The highest BCUT2D eigenvalue weighted by molar-refractivity contribution is 7.10. The molecule has 1 aliphatic carbocycles. The van der Waals surface area contributed by atoms with Crippen molar-refractivity contribution in [1.82, 2.24) is 4.98 Å². The van der Waals surface area contributed by atoms with Crippen LogP contribution in [0.2, 0.25) is 0 Å². The van der Waals surface area contributed by atoms with Gasteiger partial charge in [-0.15, -0.1) is 22.9 Å². The maximum absolute atomic E-state index is 6.22. The third-order valence-corrected chi connectivity index (χ3v) is 3.61. The van der Waals surface area contributed by atoms with Gasteiger partial charge in [0.15, 0.2) is 0 Å². The summed E-state index contributed by atoms with van der Waals surface area (Å²) >= 11 is 7.88. The van der Waals surface area contributed by atoms with Crippen LogP contribution in [0.25, 0.3) is 0 Å². The molecule has 0 unspecified atom stereocenters. The van der Waals surface area contributed by atoms with Gasteiger partial charge in [0.1, 0.15) is 5.01 Å². The number of aromatic nitrogens is 1. The summed E-state index contributed by atoms with van der Waals surface area (Å²) in [4.78, 5) is 4.12. The van der Waals surface area contributed by atoms with Crippen molar-refractivity contribution in [2.75, 3.05) is 0 Å². The van der Waals surface area contributed by atoms with Crippen LogP contribution in [0, 0.1) is 0 Å². The molecule has 2 rings (SSSR count). The maximum Gasteiger partial charge on any atom is 0.114 e. The fraction of sp³-hybridized carbons (Fsp3) is 0.571. The molecule has 0 aliphatic heterocycles. The van der Waals surface area contributed by atoms with Gasteiger partial charge < -0.3 is 0 Å². The molecule has 3 heteroatoms. The first kappa shape index (κ1) is 6.62. The number of nitrogens with zero attached hydrogens (tertiary/aromatic N) is 1. The van der Waals surface area contributed by atoms with Crippen LogP contribution >= 0.6 is 22.9 Å². The molecular weight excluding hydrogens is 166 g/mol. The van der Waals surface area contributed by atoms with Crippen molar-refractivity contribution in [3.63, 3.8) is 0 Å². The quantitative estimate of drug-likeness (QED) is 0.596. The molecule has 0 N–H and O–H groups in total. The lowest BCUT2D eigenvalue weighted by Crippen LogP contribution is -2.26. The topological polar surface area (TPSA) is 12.9 Å². The molecule has 0 spiro atoms. The molecule has 10 heavy (non-hydrogen) atoms. The third-order valence-electron chi connectivity index (χ3n) is 1.96. The summed E-state index contributed by atoms with van der Waals surface area (Å²) < 4.78 is 0. The van der Waals surface area contributed by atoms with Crippen LogP contribution < -0.4 is 0 Å². The van der Waals surface area contributed by atoms with Crippen molar-refractivity contribution in [3.05, 3.63) is 16.6 Å². The molecule has 0 saturated heterocycles. The van der Waals surface area contributed by atoms with Gasteiger partial charge in [0, 0.05) is 11.6 Å². The number of hydrogen-bond donors (Lipinski definition) is 0. The van der Waals surface area contributed by atoms with E-state index in [2.05, 4.69) is 4.98 Å². The van der Waals surface area contributed by atoms with Gasteiger partial charge in [-0.3, -0.25) is 0 Å². The van der Waals surface area contributed by atoms with E-state index in [-0.39, 0.29) is 4.87 Å². The van der Waals surface area contributed by atoms with Gasteiger partial charge in [0.25, 0.3) is 0 Å². The van der Waals surface area contributed by atoms with Gasteiger partial charge in [-0.25, -0.2) is 4.98 Å². The summed E-state index contributed by atoms with van der Waals surface area (Å²) in [6.45, 7) is 0. The van der Waals surface area contributed by atoms with Crippen molar-refractivity contribution in [2.24, 2.45) is 0 Å². The molecule has 1 fully saturated rings. The van der Waals surface area contributed by atoms with Gasteiger partial charge in [0.05, 0.1) is 4.87 Å². The first-order chi connectivity index (χ1) is 4.81. The van der Waals surface area contributed by atoms with E-state index in [0.717, 1.165) is 17.8 Å². The van der Waals surface area contributed by atoms with Gasteiger partial charge >= 0.3 is 0 Å². The summed E-state index contributed by atoms with van der Waals surface area (Å²) in [7, 11) is 0. The minimum Gasteiger partial charge on any atom is -0.248 e. The minimum absolute atomic E-state index is 0.0752. The molecule has 1 aromatic rings. The van der Waals surface area contributed by atoms with E-state index in [1.807, 2.05) is 11.6 Å². The Balaban J connectivity index is 2.27. The molecular formula is C7H8ClNS. The zero-order valence-electron chi connectivity index (χ0n) is 5.51. The highest BCUT2D eigenvalue weighted by Gasteiger charge is 2.38. The lowest BCUT2D eigenvalue weighted by atomic mass is 9.85. The molecule has 1 nitrogen and oxygen atoms in total. The predicted octanol–water partition coefficient (Wildman–Crippen LogP) is 2.76. The Labute approximate surface area is 69.0 Å². The van der Waals surface area contributed by atoms with Crippen LogP contribution in [-0.4, -0.2) is 4.98 Å². The Morgan fingerprint density at radius 3 is 2.80 bits per heavy atom. The molecule has 1 heterocycles. The second-order valence-corrected chi connectivity index (χ2v) is 4.27. The fourth-order valence-electron chi connectivity index (χ4n) is 1.15. The second-order valence-electron chi connectivity index (χ2n) is 2.66. The Hall–Kier alpha value is -0.0800. The lowest BCUT2D eigenvalue weighted by Gasteiger charge is -2.33. The van der Waals surface area contributed by atoms with Gasteiger partial charge in [0.2, 0.25) is 0 Å². The zero-order chi connectivity index (χ0) is 7.03. The molecule has 0 bridgehead atoms. The molecule has 1 saturated carbocycles. The molecule has 1 aromatic heterocycles. The Morgan fingerprint density at radius 2 is 2.40 bits per heavy atom. The second kappa shape index (κ2) is 2.21. The summed E-state index contributed by atoms with van der Waals surface area (Å²) in [5.74, 6) is 0. The average Bonchev–Trinajstić information content (AvgIpc) is 2.33. The van der Waals surface area contributed by atoms with Crippen molar-refractivity contribution in [1.29, 1.82) is 0 Å². The van der Waals surface area contributed by atoms with Crippen LogP contribution in [0.3, 0.4) is 0 Å². The third kappa shape index (κ3) is 0.867. The predicted molar refractivity (Wildman–Crippen MR) is 43.5 cm³/mol. The number of hydrogen-bond acceptors (Lipinski definition) is 2. The minimum atomic E-state index is -0.0752. The van der Waals surface area contributed by atoms with Crippen molar-refractivity contribution in [3.8, 4) is 0 Å². The van der Waals surface area contributed by atoms with E-state index in [9.17, 15) is 0 Å². The molecule has 0 aromatic carbocycles. The van der Waals surface area contributed by atoms with Crippen molar-refractivity contribution < 1.29 is 0 Å². The maximum atomic E-state index is 6.22. The van der Waals surface area contributed by atoms with Gasteiger partial charge in [-0.1, -0.05) is 0 Å². The highest BCUT2D eigenvalue weighted by Crippen LogP contribution is 2.47. The fourth-order valence-corrected chi connectivity index (χ4v) is 2.38. The number of alkyl halides is 1. The number of thiazole rings is 1. The number of rotatable bonds is 1. The first-order valence-corrected chi connectivity index (χ1v) is 4.66. The van der Waals surface area contributed by atoms with Crippen LogP contribution in [0.4, 0.5) is 0 Å². The van der Waals surface area contributed by atoms with Gasteiger partial charge in [-0.2, -0.15) is 0 Å². The summed E-state index contributed by atoms with van der Waals surface area (Å²) in [5.41, 5.74) is 0. The Bertz CT molecular complexity index is 216. The van der Waals surface area contributed by atoms with Gasteiger partial charge in [-0.05, 0) is 19.3 Å². The van der Waals surface area contributed by atoms with Crippen molar-refractivity contribution in [2.45, 2.75) is 24.1 Å². The largest absolute Gasteiger partial charge is 0.248 e. The monoisotopic (exact) mass is 173 g/mol. The van der Waals surface area contributed by atoms with E-state index in [0.29, 0.717) is 0 Å². The molecule has 54 valence electrons. The van der Waals surface area contributed by atoms with Crippen LogP contribution in [0.1, 0.15) is 24.3 Å². The normalized spacial score (nSPS) is 22.1. The lowest BCUT2D eigenvalue weighted by molar-refractivity contribution is 0.362. The van der Waals surface area contributed by atoms with Crippen molar-refractivity contribution >= 4 is 22.9 Å². The van der Waals surface area contributed by atoms with Crippen LogP contribution in [0.5, 0.6) is 0 Å². The molecule has 0 radical (unpaired) electrons. The summed E-state index contributed by atoms with van der Waals surface area (Å²) in [6.07, 6.45) is 5.27. The molecule has 0 amide bonds. The standard InChI is InChI=1S/C7H8ClNS/c8-7(2-1-3-7)6-9-4-5-10-6/h4-5H,1-3H2. The SMILES string of the molecule is ClC1(c2nccs2)CCC1.